The largest absolute Gasteiger partial charge is 0.120 e. The van der Waals surface area contributed by atoms with E-state index >= 15 is 0 Å². The van der Waals surface area contributed by atoms with Crippen LogP contribution in [0.15, 0.2) is 44.1 Å². The molecule has 0 unspecified atom stereocenters. The Balaban J connectivity index is 1.97. The van der Waals surface area contributed by atoms with Crippen LogP contribution >= 0.6 is 0 Å². The molecule has 0 nitrogen and oxygen atoms in total. The zero-order chi connectivity index (χ0) is 18.5. The molecule has 0 aromatic carbocycles. The molecule has 0 aromatic heterocycles. The van der Waals surface area contributed by atoms with Crippen molar-refractivity contribution in [3.63, 3.8) is 0 Å². The van der Waals surface area contributed by atoms with Gasteiger partial charge in [0.2, 0.25) is 0 Å². The molecule has 1 atom stereocenters. The fourth-order valence-corrected chi connectivity index (χ4v) is 8.69. The van der Waals surface area contributed by atoms with Gasteiger partial charge >= 0.3 is 0 Å². The van der Waals surface area contributed by atoms with Gasteiger partial charge in [0, 0.05) is 0 Å². The van der Waals surface area contributed by atoms with Gasteiger partial charge in [0.1, 0.15) is 19.0 Å². The van der Waals surface area contributed by atoms with Crippen LogP contribution in [0.3, 0.4) is 0 Å². The Morgan fingerprint density at radius 2 is 1.36 bits per heavy atom. The molecule has 4 radical (unpaired) electrons. The van der Waals surface area contributed by atoms with Crippen molar-refractivity contribution in [3.05, 3.63) is 44.1 Å². The third-order valence-corrected chi connectivity index (χ3v) is 9.76. The zero-order valence-corrected chi connectivity index (χ0v) is 19.4. The average Bonchev–Trinajstić information content (AvgIpc) is 3.04. The number of hydrogen-bond donors (Lipinski definition) is 0. The van der Waals surface area contributed by atoms with Crippen LogP contribution < -0.4 is 0 Å². The van der Waals surface area contributed by atoms with E-state index in [-0.39, 0.29) is 0 Å². The standard InChI is InChI=1S/C23H34Si2/c1-9-18(23(6,7)8)15-10-19-20(11-15)25-22-17(14(4)5)12-16(13(2)3)21(22)24-19/h10-11,13-15,18H,9,12H2,1-8H3/t18-/m0/s1. The maximum Gasteiger partial charge on any atom is 0.120 e. The van der Waals surface area contributed by atoms with Crippen LogP contribution in [-0.2, 0) is 0 Å². The summed E-state index contributed by atoms with van der Waals surface area (Å²) in [7, 11) is 1.81. The minimum absolute atomic E-state index is 0.383. The van der Waals surface area contributed by atoms with E-state index in [1.165, 1.54) is 12.8 Å². The highest BCUT2D eigenvalue weighted by molar-refractivity contribution is 6.74. The first-order chi connectivity index (χ1) is 11.6. The van der Waals surface area contributed by atoms with Gasteiger partial charge in [-0.15, -0.1) is 0 Å². The smallest absolute Gasteiger partial charge is 0.0783 e. The minimum atomic E-state index is 0.383. The van der Waals surface area contributed by atoms with Gasteiger partial charge in [-0.3, -0.25) is 0 Å². The van der Waals surface area contributed by atoms with Gasteiger partial charge < -0.3 is 0 Å². The van der Waals surface area contributed by atoms with Crippen molar-refractivity contribution in [2.75, 3.05) is 0 Å². The fraction of sp³-hybridized carbons (Fsp3) is 0.652. The number of rotatable bonds is 4. The summed E-state index contributed by atoms with van der Waals surface area (Å²) in [6.45, 7) is 19.2. The highest BCUT2D eigenvalue weighted by atomic mass is 28.2. The Hall–Kier alpha value is -0.606. The lowest BCUT2D eigenvalue weighted by atomic mass is 9.72. The maximum atomic E-state index is 2.65. The molecule has 0 amide bonds. The second-order valence-electron chi connectivity index (χ2n) is 9.66. The van der Waals surface area contributed by atoms with E-state index in [9.17, 15) is 0 Å². The molecule has 0 spiro atoms. The Morgan fingerprint density at radius 3 is 1.68 bits per heavy atom. The maximum absolute atomic E-state index is 2.65. The van der Waals surface area contributed by atoms with E-state index in [0.717, 1.165) is 25.0 Å². The third-order valence-electron chi connectivity index (χ3n) is 6.21. The zero-order valence-electron chi connectivity index (χ0n) is 17.4. The van der Waals surface area contributed by atoms with Gasteiger partial charge in [-0.05, 0) is 35.5 Å². The van der Waals surface area contributed by atoms with Crippen molar-refractivity contribution < 1.29 is 0 Å². The van der Waals surface area contributed by atoms with Gasteiger partial charge in [-0.25, -0.2) is 0 Å². The molecule has 3 aliphatic rings. The molecule has 3 rings (SSSR count). The number of allylic oxidation sites excluding steroid dienone is 8. The molecule has 2 heteroatoms. The Morgan fingerprint density at radius 1 is 0.920 bits per heavy atom. The molecule has 0 bridgehead atoms. The minimum Gasteiger partial charge on any atom is -0.0783 e. The van der Waals surface area contributed by atoms with E-state index in [1.807, 2.05) is 0 Å². The average molecular weight is 367 g/mol. The summed E-state index contributed by atoms with van der Waals surface area (Å²) in [6.07, 6.45) is 7.82. The molecular formula is C23H34Si2. The predicted octanol–water partition coefficient (Wildman–Crippen LogP) is 6.10. The summed E-state index contributed by atoms with van der Waals surface area (Å²) in [4.78, 5) is 0. The molecule has 2 aliphatic carbocycles. The highest BCUT2D eigenvalue weighted by Gasteiger charge is 2.37. The Bertz CT molecular complexity index is 629. The third kappa shape index (κ3) is 3.49. The lowest BCUT2D eigenvalue weighted by Gasteiger charge is -2.33. The first kappa shape index (κ1) is 19.2. The van der Waals surface area contributed by atoms with Gasteiger partial charge in [0.15, 0.2) is 0 Å². The molecular weight excluding hydrogens is 332 g/mol. The second-order valence-corrected chi connectivity index (χ2v) is 12.2. The van der Waals surface area contributed by atoms with Gasteiger partial charge in [-0.1, -0.05) is 106 Å². The molecule has 134 valence electrons. The van der Waals surface area contributed by atoms with Gasteiger partial charge in [0.05, 0.1) is 0 Å². The van der Waals surface area contributed by atoms with Crippen LogP contribution in [0, 0.1) is 29.1 Å². The van der Waals surface area contributed by atoms with Crippen LogP contribution in [0.5, 0.6) is 0 Å². The van der Waals surface area contributed by atoms with Gasteiger partial charge in [0.25, 0.3) is 0 Å². The van der Waals surface area contributed by atoms with Crippen molar-refractivity contribution in [1.29, 1.82) is 0 Å². The van der Waals surface area contributed by atoms with E-state index < -0.39 is 0 Å². The summed E-state index contributed by atoms with van der Waals surface area (Å²) in [6, 6.07) is 0. The summed E-state index contributed by atoms with van der Waals surface area (Å²) in [5.41, 5.74) is 3.87. The van der Waals surface area contributed by atoms with Crippen LogP contribution in [0.1, 0.15) is 68.2 Å². The summed E-state index contributed by atoms with van der Waals surface area (Å²) in [5.74, 6) is 2.80. The highest BCUT2D eigenvalue weighted by Crippen LogP contribution is 2.46. The normalized spacial score (nSPS) is 22.6. The molecule has 25 heavy (non-hydrogen) atoms. The van der Waals surface area contributed by atoms with Crippen LogP contribution in [-0.4, -0.2) is 19.0 Å². The summed E-state index contributed by atoms with van der Waals surface area (Å²) < 4.78 is 0. The topological polar surface area (TPSA) is 0 Å². The fourth-order valence-electron chi connectivity index (χ4n) is 4.77. The Kier molecular flexibility index (Phi) is 5.25. The Labute approximate surface area is 160 Å². The van der Waals surface area contributed by atoms with Crippen molar-refractivity contribution >= 4 is 19.0 Å². The number of fused-ring (bicyclic) bond motifs is 2. The monoisotopic (exact) mass is 366 g/mol. The molecule has 1 heterocycles. The molecule has 0 N–H and O–H groups in total. The van der Waals surface area contributed by atoms with E-state index in [1.54, 1.807) is 31.9 Å². The van der Waals surface area contributed by atoms with Crippen molar-refractivity contribution in [1.82, 2.24) is 0 Å². The predicted molar refractivity (Wildman–Crippen MR) is 113 cm³/mol. The molecule has 1 fully saturated rings. The first-order valence-electron chi connectivity index (χ1n) is 10.1. The lowest BCUT2D eigenvalue weighted by molar-refractivity contribution is 0.202. The van der Waals surface area contributed by atoms with E-state index in [4.69, 9.17) is 0 Å². The molecule has 1 saturated heterocycles. The second kappa shape index (κ2) is 6.85. The van der Waals surface area contributed by atoms with Crippen molar-refractivity contribution in [2.24, 2.45) is 29.1 Å². The molecule has 1 aliphatic heterocycles. The molecule has 0 aromatic rings. The van der Waals surface area contributed by atoms with Crippen LogP contribution in [0.4, 0.5) is 0 Å². The van der Waals surface area contributed by atoms with Crippen LogP contribution in [0.25, 0.3) is 0 Å². The summed E-state index contributed by atoms with van der Waals surface area (Å²) in [5, 5.41) is 6.88. The van der Waals surface area contributed by atoms with Crippen molar-refractivity contribution in [2.45, 2.75) is 68.2 Å². The van der Waals surface area contributed by atoms with Crippen LogP contribution in [0.2, 0.25) is 0 Å². The molecule has 0 saturated carbocycles. The first-order valence-corrected chi connectivity index (χ1v) is 12.1. The van der Waals surface area contributed by atoms with E-state index in [2.05, 4.69) is 67.5 Å². The quantitative estimate of drug-likeness (QED) is 0.527. The van der Waals surface area contributed by atoms with E-state index in [0.29, 0.717) is 23.2 Å². The van der Waals surface area contributed by atoms with Crippen molar-refractivity contribution in [3.8, 4) is 0 Å². The SMILES string of the molecule is CC[C@@H](C1C=C2[Si]C3=C(C(C)C)CC(C(C)C)=C3[Si]C2=C1)C(C)(C)C. The lowest BCUT2D eigenvalue weighted by Crippen LogP contribution is -2.25. The van der Waals surface area contributed by atoms with Gasteiger partial charge in [-0.2, -0.15) is 0 Å². The number of hydrogen-bond acceptors (Lipinski definition) is 0. The summed E-state index contributed by atoms with van der Waals surface area (Å²) >= 11 is 0.